The largest absolute Gasteiger partial charge is 0.368 e. The number of rotatable bonds is 5. The van der Waals surface area contributed by atoms with Crippen molar-refractivity contribution in [3.05, 3.63) is 63.8 Å². The van der Waals surface area contributed by atoms with Crippen LogP contribution in [0.5, 0.6) is 0 Å². The lowest BCUT2D eigenvalue weighted by atomic mass is 10.2. The third kappa shape index (κ3) is 4.04. The number of hydrogen-bond acceptors (Lipinski definition) is 5. The molecule has 10 heteroatoms. The summed E-state index contributed by atoms with van der Waals surface area (Å²) in [4.78, 5) is 21.2. The zero-order valence-corrected chi connectivity index (χ0v) is 13.4. The molecule has 0 aliphatic carbocycles. The summed E-state index contributed by atoms with van der Waals surface area (Å²) < 4.78 is 29.3. The average molecular weight is 350 g/mol. The Morgan fingerprint density at radius 2 is 1.88 bits per heavy atom. The van der Waals surface area contributed by atoms with Crippen LogP contribution in [-0.4, -0.2) is 23.8 Å². The van der Waals surface area contributed by atoms with E-state index in [0.29, 0.717) is 0 Å². The van der Waals surface area contributed by atoms with E-state index in [0.717, 1.165) is 28.5 Å². The third-order valence-electron chi connectivity index (χ3n) is 3.06. The van der Waals surface area contributed by atoms with Crippen molar-refractivity contribution in [3.8, 4) is 0 Å². The van der Waals surface area contributed by atoms with Crippen LogP contribution in [0.15, 0.2) is 51.9 Å². The number of pyridine rings is 1. The molecule has 0 saturated carbocycles. The Hall–Kier alpha value is -3.01. The van der Waals surface area contributed by atoms with Gasteiger partial charge in [-0.3, -0.25) is 14.9 Å². The molecular weight excluding hydrogens is 336 g/mol. The Kier molecular flexibility index (Phi) is 4.79. The molecule has 1 heterocycles. The monoisotopic (exact) mass is 350 g/mol. The number of sulfonamides is 1. The maximum Gasteiger partial charge on any atom is 0.285 e. The molecule has 1 aromatic carbocycles. The number of nitrogens with zero attached hydrogens (tertiary/aromatic N) is 3. The van der Waals surface area contributed by atoms with Crippen molar-refractivity contribution in [3.63, 3.8) is 0 Å². The molecule has 0 unspecified atom stereocenters. The first-order valence-corrected chi connectivity index (χ1v) is 8.14. The highest BCUT2D eigenvalue weighted by atomic mass is 32.2. The second-order valence-corrected chi connectivity index (χ2v) is 6.58. The summed E-state index contributed by atoms with van der Waals surface area (Å²) in [5, 5.41) is 10.8. The molecule has 2 aromatic rings. The number of aryl methyl sites for hydroxylation is 1. The van der Waals surface area contributed by atoms with Crippen molar-refractivity contribution in [1.29, 1.82) is 0 Å². The number of primary amides is 1. The van der Waals surface area contributed by atoms with Gasteiger partial charge in [0.2, 0.25) is 5.91 Å². The van der Waals surface area contributed by atoms with Gasteiger partial charge in [-0.1, -0.05) is 17.7 Å². The molecule has 0 saturated heterocycles. The molecule has 0 aliphatic rings. The molecular formula is C14H14N4O5S. The Morgan fingerprint density at radius 1 is 1.25 bits per heavy atom. The first kappa shape index (κ1) is 17.3. The van der Waals surface area contributed by atoms with Gasteiger partial charge in [-0.05, 0) is 25.1 Å². The summed E-state index contributed by atoms with van der Waals surface area (Å²) in [5.74, 6) is -0.787. The number of nitro groups is 1. The number of benzene rings is 1. The van der Waals surface area contributed by atoms with Crippen molar-refractivity contribution >= 4 is 21.6 Å². The van der Waals surface area contributed by atoms with Crippen LogP contribution in [0.25, 0.3) is 0 Å². The second kappa shape index (κ2) is 6.62. The third-order valence-corrected chi connectivity index (χ3v) is 4.35. The number of aromatic nitrogens is 1. The van der Waals surface area contributed by atoms with Crippen LogP contribution in [-0.2, 0) is 21.4 Å². The fraction of sp³-hybridized carbons (Fsp3) is 0.143. The van der Waals surface area contributed by atoms with Gasteiger partial charge >= 0.3 is 0 Å². The first-order valence-electron chi connectivity index (χ1n) is 6.70. The molecule has 0 fully saturated rings. The Bertz CT molecular complexity index is 961. The Labute approximate surface area is 137 Å². The van der Waals surface area contributed by atoms with E-state index < -0.39 is 27.4 Å². The van der Waals surface area contributed by atoms with E-state index >= 15 is 0 Å². The van der Waals surface area contributed by atoms with Gasteiger partial charge < -0.3 is 10.3 Å². The number of carbonyl (C=O) groups is 1. The van der Waals surface area contributed by atoms with Gasteiger partial charge in [-0.15, -0.1) is 4.40 Å². The highest BCUT2D eigenvalue weighted by molar-refractivity contribution is 7.90. The minimum absolute atomic E-state index is 0.0305. The van der Waals surface area contributed by atoms with Crippen molar-refractivity contribution < 1.29 is 18.1 Å². The summed E-state index contributed by atoms with van der Waals surface area (Å²) >= 11 is 0. The number of nitrogens with two attached hydrogens (primary N) is 1. The maximum absolute atomic E-state index is 12.3. The minimum Gasteiger partial charge on any atom is -0.368 e. The SMILES string of the molecule is Cc1ccc(S(=O)(=O)/N=c2/ccc([N+](=O)[O-])cn2CC(N)=O)cc1. The Balaban J connectivity index is 2.60. The second-order valence-electron chi connectivity index (χ2n) is 4.98. The van der Waals surface area contributed by atoms with Gasteiger partial charge in [0.15, 0.2) is 0 Å². The van der Waals surface area contributed by atoms with Gasteiger partial charge in [0.05, 0.1) is 16.0 Å². The minimum atomic E-state index is -4.04. The van der Waals surface area contributed by atoms with Gasteiger partial charge in [-0.25, -0.2) is 0 Å². The van der Waals surface area contributed by atoms with Gasteiger partial charge in [0, 0.05) is 6.07 Å². The predicted octanol–water partition coefficient (Wildman–Crippen LogP) is 0.480. The Morgan fingerprint density at radius 3 is 2.42 bits per heavy atom. The van der Waals surface area contributed by atoms with Crippen LogP contribution >= 0.6 is 0 Å². The number of amides is 1. The molecule has 0 radical (unpaired) electrons. The van der Waals surface area contributed by atoms with Crippen LogP contribution in [0, 0.1) is 17.0 Å². The van der Waals surface area contributed by atoms with Crippen LogP contribution in [0.3, 0.4) is 0 Å². The van der Waals surface area contributed by atoms with E-state index in [4.69, 9.17) is 5.73 Å². The van der Waals surface area contributed by atoms with E-state index in [2.05, 4.69) is 4.40 Å². The van der Waals surface area contributed by atoms with Gasteiger partial charge in [0.1, 0.15) is 12.0 Å². The summed E-state index contributed by atoms with van der Waals surface area (Å²) in [6.45, 7) is 1.37. The molecule has 1 aromatic heterocycles. The fourth-order valence-electron chi connectivity index (χ4n) is 1.90. The fourth-order valence-corrected chi connectivity index (χ4v) is 2.89. The summed E-state index contributed by atoms with van der Waals surface area (Å²) in [5.41, 5.74) is 5.52. The van der Waals surface area contributed by atoms with Crippen LogP contribution in [0.1, 0.15) is 5.56 Å². The maximum atomic E-state index is 12.3. The normalized spacial score (nSPS) is 12.1. The summed E-state index contributed by atoms with van der Waals surface area (Å²) in [6, 6.07) is 8.29. The molecule has 126 valence electrons. The standard InChI is InChI=1S/C14H14N4O5S/c1-10-2-5-12(6-3-10)24(22,23)16-14-7-4-11(18(20)21)8-17(14)9-13(15)19/h2-8H,9H2,1H3,(H2,15,19)/b16-14-. The molecule has 0 bridgehead atoms. The molecule has 2 N–H and O–H groups in total. The molecule has 2 rings (SSSR count). The molecule has 0 atom stereocenters. The molecule has 1 amide bonds. The molecule has 0 aliphatic heterocycles. The van der Waals surface area contributed by atoms with E-state index in [1.54, 1.807) is 12.1 Å². The van der Waals surface area contributed by atoms with E-state index in [9.17, 15) is 23.3 Å². The van der Waals surface area contributed by atoms with Crippen LogP contribution in [0.4, 0.5) is 5.69 Å². The lowest BCUT2D eigenvalue weighted by molar-refractivity contribution is -0.385. The highest BCUT2D eigenvalue weighted by Crippen LogP contribution is 2.13. The first-order chi connectivity index (χ1) is 11.2. The van der Waals surface area contributed by atoms with Crippen LogP contribution < -0.4 is 11.2 Å². The van der Waals surface area contributed by atoms with Crippen LogP contribution in [0.2, 0.25) is 0 Å². The predicted molar refractivity (Wildman–Crippen MR) is 84.2 cm³/mol. The average Bonchev–Trinajstić information content (AvgIpc) is 2.48. The van der Waals surface area contributed by atoms with E-state index in [1.165, 1.54) is 12.1 Å². The highest BCUT2D eigenvalue weighted by Gasteiger charge is 2.14. The van der Waals surface area contributed by atoms with E-state index in [-0.39, 0.29) is 16.1 Å². The van der Waals surface area contributed by atoms with E-state index in [1.807, 2.05) is 6.92 Å². The lowest BCUT2D eigenvalue weighted by Gasteiger charge is -2.05. The van der Waals surface area contributed by atoms with Crippen molar-refractivity contribution in [2.45, 2.75) is 18.4 Å². The molecule has 0 spiro atoms. The molecule has 24 heavy (non-hydrogen) atoms. The molecule has 9 nitrogen and oxygen atoms in total. The summed E-state index contributed by atoms with van der Waals surface area (Å²) in [7, 11) is -4.04. The van der Waals surface area contributed by atoms with Crippen molar-refractivity contribution in [1.82, 2.24) is 4.57 Å². The summed E-state index contributed by atoms with van der Waals surface area (Å²) in [6.07, 6.45) is 1.01. The zero-order chi connectivity index (χ0) is 17.9. The number of carbonyl (C=O) groups excluding carboxylic acids is 1. The lowest BCUT2D eigenvalue weighted by Crippen LogP contribution is -2.29. The smallest absolute Gasteiger partial charge is 0.285 e. The van der Waals surface area contributed by atoms with Crippen molar-refractivity contribution in [2.24, 2.45) is 10.1 Å². The number of hydrogen-bond donors (Lipinski definition) is 1. The van der Waals surface area contributed by atoms with Gasteiger partial charge in [0.25, 0.3) is 15.7 Å². The topological polar surface area (TPSA) is 138 Å². The zero-order valence-electron chi connectivity index (χ0n) is 12.6. The quantitative estimate of drug-likeness (QED) is 0.617. The van der Waals surface area contributed by atoms with Gasteiger partial charge in [-0.2, -0.15) is 8.42 Å². The van der Waals surface area contributed by atoms with Crippen molar-refractivity contribution in [2.75, 3.05) is 0 Å².